The van der Waals surface area contributed by atoms with E-state index in [0.717, 1.165) is 0 Å². The van der Waals surface area contributed by atoms with Gasteiger partial charge in [-0.2, -0.15) is 0 Å². The van der Waals surface area contributed by atoms with Crippen LogP contribution in [0.25, 0.3) is 0 Å². The van der Waals surface area contributed by atoms with Crippen LogP contribution in [0.2, 0.25) is 0 Å². The Labute approximate surface area is 67.8 Å². The van der Waals surface area contributed by atoms with Gasteiger partial charge in [0, 0.05) is 6.07 Å². The monoisotopic (exact) mass is 175 g/mol. The average molecular weight is 175 g/mol. The van der Waals surface area contributed by atoms with E-state index in [4.69, 9.17) is 0 Å². The molecule has 0 atom stereocenters. The highest BCUT2D eigenvalue weighted by atomic mass is 19.2. The normalized spacial score (nSPS) is 10.0. The molecule has 1 nitrogen and oxygen atoms in total. The van der Waals surface area contributed by atoms with Crippen LogP contribution in [0, 0.1) is 23.5 Å². The van der Waals surface area contributed by atoms with Crippen molar-refractivity contribution in [3.63, 3.8) is 0 Å². The maximum absolute atomic E-state index is 12.7. The van der Waals surface area contributed by atoms with Gasteiger partial charge in [0.2, 0.25) is 0 Å². The summed E-state index contributed by atoms with van der Waals surface area (Å²) in [4.78, 5) is 0. The summed E-state index contributed by atoms with van der Waals surface area (Å²) in [5.74, 6) is -3.84. The minimum atomic E-state index is -1.27. The summed E-state index contributed by atoms with van der Waals surface area (Å²) in [7, 11) is 0. The van der Waals surface area contributed by atoms with Crippen molar-refractivity contribution in [1.82, 2.24) is 0 Å². The van der Waals surface area contributed by atoms with Crippen molar-refractivity contribution < 1.29 is 17.9 Å². The van der Waals surface area contributed by atoms with Crippen molar-refractivity contribution in [1.29, 1.82) is 0 Å². The molecule has 0 aromatic heterocycles. The van der Waals surface area contributed by atoms with Crippen molar-refractivity contribution in [2.24, 2.45) is 0 Å². The average Bonchev–Trinajstić information content (AvgIpc) is 2.01. The molecule has 0 aliphatic heterocycles. The number of benzene rings is 1. The van der Waals surface area contributed by atoms with Crippen LogP contribution in [0.1, 0.15) is 6.92 Å². The molecule has 0 saturated heterocycles. The fourth-order valence-corrected chi connectivity index (χ4v) is 0.709. The second kappa shape index (κ2) is 3.47. The molecule has 0 aliphatic rings. The predicted molar refractivity (Wildman–Crippen MR) is 36.3 cm³/mol. The zero-order chi connectivity index (χ0) is 9.14. The van der Waals surface area contributed by atoms with Crippen molar-refractivity contribution in [2.45, 2.75) is 6.92 Å². The minimum Gasteiger partial charge on any atom is -0.490 e. The van der Waals surface area contributed by atoms with Crippen LogP contribution in [-0.2, 0) is 0 Å². The van der Waals surface area contributed by atoms with Gasteiger partial charge in [0.15, 0.2) is 23.2 Å². The Morgan fingerprint density at radius 3 is 2.58 bits per heavy atom. The van der Waals surface area contributed by atoms with E-state index in [-0.39, 0.29) is 6.61 Å². The van der Waals surface area contributed by atoms with Gasteiger partial charge in [0.05, 0.1) is 12.7 Å². The Balaban J connectivity index is 3.05. The molecule has 1 rings (SSSR count). The number of halogens is 3. The fraction of sp³-hybridized carbons (Fsp3) is 0.250. The molecule has 0 fully saturated rings. The smallest absolute Gasteiger partial charge is 0.170 e. The largest absolute Gasteiger partial charge is 0.490 e. The van der Waals surface area contributed by atoms with Gasteiger partial charge in [-0.15, -0.1) is 0 Å². The molecule has 12 heavy (non-hydrogen) atoms. The van der Waals surface area contributed by atoms with Gasteiger partial charge < -0.3 is 4.74 Å². The van der Waals surface area contributed by atoms with Gasteiger partial charge in [-0.1, -0.05) is 0 Å². The zero-order valence-corrected chi connectivity index (χ0v) is 6.33. The summed E-state index contributed by atoms with van der Waals surface area (Å²) in [6, 6.07) is 2.23. The molecule has 0 heterocycles. The molecule has 0 unspecified atom stereocenters. The number of rotatable bonds is 2. The molecular formula is C8H6F3O. The lowest BCUT2D eigenvalue weighted by Gasteiger charge is -2.03. The van der Waals surface area contributed by atoms with E-state index in [1.807, 2.05) is 0 Å². The predicted octanol–water partition coefficient (Wildman–Crippen LogP) is 2.30. The lowest BCUT2D eigenvalue weighted by atomic mass is 10.3. The first kappa shape index (κ1) is 8.90. The topological polar surface area (TPSA) is 9.23 Å². The molecule has 1 radical (unpaired) electrons. The molecule has 0 aliphatic carbocycles. The third-order valence-corrected chi connectivity index (χ3v) is 1.19. The van der Waals surface area contributed by atoms with E-state index in [1.165, 1.54) is 0 Å². The first-order valence-electron chi connectivity index (χ1n) is 3.34. The zero-order valence-electron chi connectivity index (χ0n) is 6.33. The quantitative estimate of drug-likeness (QED) is 0.626. The van der Waals surface area contributed by atoms with E-state index in [1.54, 1.807) is 13.0 Å². The first-order chi connectivity index (χ1) is 5.65. The lowest BCUT2D eigenvalue weighted by molar-refractivity contribution is 0.315. The third kappa shape index (κ3) is 1.69. The van der Waals surface area contributed by atoms with Crippen molar-refractivity contribution in [3.05, 3.63) is 29.6 Å². The second-order valence-electron chi connectivity index (χ2n) is 2.04. The van der Waals surface area contributed by atoms with Gasteiger partial charge in [-0.05, 0) is 6.92 Å². The Hall–Kier alpha value is -1.19. The summed E-state index contributed by atoms with van der Waals surface area (Å²) in [5.41, 5.74) is 0. The van der Waals surface area contributed by atoms with Crippen LogP contribution in [0.15, 0.2) is 6.07 Å². The van der Waals surface area contributed by atoms with E-state index in [2.05, 4.69) is 4.74 Å². The summed E-state index contributed by atoms with van der Waals surface area (Å²) in [5, 5.41) is 0. The SMILES string of the molecule is CCOc1[c]c(F)c(F)cc1F. The molecule has 0 spiro atoms. The number of hydrogen-bond acceptors (Lipinski definition) is 1. The lowest BCUT2D eigenvalue weighted by Crippen LogP contribution is -1.97. The number of hydrogen-bond donors (Lipinski definition) is 0. The maximum Gasteiger partial charge on any atom is 0.170 e. The second-order valence-corrected chi connectivity index (χ2v) is 2.04. The van der Waals surface area contributed by atoms with Gasteiger partial charge in [0.25, 0.3) is 0 Å². The van der Waals surface area contributed by atoms with Crippen molar-refractivity contribution in [2.75, 3.05) is 6.61 Å². The van der Waals surface area contributed by atoms with E-state index < -0.39 is 23.2 Å². The van der Waals surface area contributed by atoms with Crippen LogP contribution in [0.5, 0.6) is 5.75 Å². The number of ether oxygens (including phenoxy) is 1. The molecule has 0 N–H and O–H groups in total. The molecule has 0 saturated carbocycles. The molecule has 0 bridgehead atoms. The standard InChI is InChI=1S/C8H6F3O/c1-2-12-8-4-6(10)5(9)3-7(8)11/h3H,2H2,1H3. The minimum absolute atomic E-state index is 0.179. The fourth-order valence-electron chi connectivity index (χ4n) is 0.709. The molecular weight excluding hydrogens is 169 g/mol. The molecule has 1 aromatic carbocycles. The van der Waals surface area contributed by atoms with E-state index in [0.29, 0.717) is 6.07 Å². The summed E-state index contributed by atoms with van der Waals surface area (Å²) < 4.78 is 42.0. The van der Waals surface area contributed by atoms with Gasteiger partial charge in [-0.3, -0.25) is 0 Å². The molecule has 1 aromatic rings. The van der Waals surface area contributed by atoms with Crippen LogP contribution >= 0.6 is 0 Å². The van der Waals surface area contributed by atoms with Crippen LogP contribution < -0.4 is 4.74 Å². The Morgan fingerprint density at radius 1 is 1.33 bits per heavy atom. The Kier molecular flexibility index (Phi) is 2.58. The summed E-state index contributed by atoms with van der Waals surface area (Å²) >= 11 is 0. The first-order valence-corrected chi connectivity index (χ1v) is 3.34. The van der Waals surface area contributed by atoms with Crippen LogP contribution in [0.4, 0.5) is 13.2 Å². The highest BCUT2D eigenvalue weighted by molar-refractivity contribution is 5.24. The van der Waals surface area contributed by atoms with Gasteiger partial charge >= 0.3 is 0 Å². The van der Waals surface area contributed by atoms with Crippen LogP contribution in [-0.4, -0.2) is 6.61 Å². The van der Waals surface area contributed by atoms with Crippen molar-refractivity contribution >= 4 is 0 Å². The van der Waals surface area contributed by atoms with Gasteiger partial charge in [-0.25, -0.2) is 13.2 Å². The highest BCUT2D eigenvalue weighted by Gasteiger charge is 2.10. The summed E-state index contributed by atoms with van der Waals surface area (Å²) in [6.45, 7) is 1.78. The van der Waals surface area contributed by atoms with Crippen molar-refractivity contribution in [3.8, 4) is 5.75 Å². The highest BCUT2D eigenvalue weighted by Crippen LogP contribution is 2.19. The maximum atomic E-state index is 12.7. The Bertz CT molecular complexity index is 286. The molecule has 65 valence electrons. The summed E-state index contributed by atoms with van der Waals surface area (Å²) in [6.07, 6.45) is 0. The Morgan fingerprint density at radius 2 is 2.00 bits per heavy atom. The van der Waals surface area contributed by atoms with Gasteiger partial charge in [0.1, 0.15) is 0 Å². The molecule has 4 heteroatoms. The van der Waals surface area contributed by atoms with E-state index in [9.17, 15) is 13.2 Å². The van der Waals surface area contributed by atoms with Crippen LogP contribution in [0.3, 0.4) is 0 Å². The van der Waals surface area contributed by atoms with E-state index >= 15 is 0 Å². The third-order valence-electron chi connectivity index (χ3n) is 1.19. The molecule has 0 amide bonds.